The Morgan fingerprint density at radius 2 is 2.25 bits per heavy atom. The maximum atomic E-state index is 2.32. The summed E-state index contributed by atoms with van der Waals surface area (Å²) in [6.07, 6.45) is 7.84. The molecule has 0 aromatic carbocycles. The molecule has 0 atom stereocenters. The summed E-state index contributed by atoms with van der Waals surface area (Å²) in [7, 11) is 0. The van der Waals surface area contributed by atoms with E-state index >= 15 is 0 Å². The van der Waals surface area contributed by atoms with Gasteiger partial charge < -0.3 is 0 Å². The van der Waals surface area contributed by atoms with Crippen LogP contribution in [0.1, 0.15) is 6.42 Å². The molecule has 0 fully saturated rings. The minimum absolute atomic E-state index is 0.0417. The summed E-state index contributed by atoms with van der Waals surface area (Å²) in [6, 6.07) is 0. The van der Waals surface area contributed by atoms with Gasteiger partial charge in [0.25, 0.3) is 0 Å². The van der Waals surface area contributed by atoms with E-state index in [9.17, 15) is 0 Å². The van der Waals surface area contributed by atoms with Gasteiger partial charge >= 0.3 is 54.7 Å². The fourth-order valence-electron chi connectivity index (χ4n) is 0.678. The third-order valence-electron chi connectivity index (χ3n) is 1.17. The molecule has 0 amide bonds. The summed E-state index contributed by atoms with van der Waals surface area (Å²) < 4.78 is 1.64. The summed E-state index contributed by atoms with van der Waals surface area (Å²) in [4.78, 5) is 0. The van der Waals surface area contributed by atoms with Crippen LogP contribution >= 0.6 is 0 Å². The molecule has 1 aliphatic carbocycles. The van der Waals surface area contributed by atoms with Crippen LogP contribution < -0.4 is 0 Å². The van der Waals surface area contributed by atoms with E-state index in [2.05, 4.69) is 29.9 Å². The van der Waals surface area contributed by atoms with Crippen LogP contribution in [-0.2, 0) is 13.9 Å². The Morgan fingerprint density at radius 3 is 2.50 bits per heavy atom. The summed E-state index contributed by atoms with van der Waals surface area (Å²) in [5, 5.41) is 0. The van der Waals surface area contributed by atoms with Crippen LogP contribution in [0.2, 0.25) is 11.6 Å². The Kier molecular flexibility index (Phi) is 1.93. The Balaban J connectivity index is 2.51. The second kappa shape index (κ2) is 2.52. The van der Waals surface area contributed by atoms with E-state index in [1.807, 2.05) is 0 Å². The van der Waals surface area contributed by atoms with Crippen molar-refractivity contribution >= 4 is 0 Å². The number of rotatable bonds is 1. The third kappa shape index (κ3) is 1.24. The van der Waals surface area contributed by atoms with Crippen LogP contribution in [-0.4, -0.2) is 0 Å². The average molecular weight is 151 g/mol. The van der Waals surface area contributed by atoms with Gasteiger partial charge in [-0.25, -0.2) is 0 Å². The molecule has 1 aliphatic rings. The van der Waals surface area contributed by atoms with Gasteiger partial charge in [0, 0.05) is 0 Å². The zero-order chi connectivity index (χ0) is 5.98. The average Bonchev–Trinajstić information content (AvgIpc) is 2.12. The number of hydrogen-bond acceptors (Lipinski definition) is 0. The molecule has 1 rings (SSSR count). The van der Waals surface area contributed by atoms with Crippen molar-refractivity contribution in [2.24, 2.45) is 0 Å². The Morgan fingerprint density at radius 1 is 1.50 bits per heavy atom. The molecular weight excluding hydrogens is 140 g/mol. The first-order valence-electron chi connectivity index (χ1n) is 2.60. The van der Waals surface area contributed by atoms with Crippen molar-refractivity contribution in [2.75, 3.05) is 0 Å². The van der Waals surface area contributed by atoms with Gasteiger partial charge in [0.05, 0.1) is 0 Å². The van der Waals surface area contributed by atoms with E-state index in [0.29, 0.717) is 0 Å². The number of hydrogen-bond donors (Lipinski definition) is 0. The molecule has 0 unspecified atom stereocenters. The van der Waals surface area contributed by atoms with E-state index in [-0.39, 0.29) is 13.9 Å². The van der Waals surface area contributed by atoms with Crippen LogP contribution in [0.15, 0.2) is 22.7 Å². The number of allylic oxidation sites excluding steroid dienone is 4. The molecule has 0 saturated heterocycles. The van der Waals surface area contributed by atoms with Gasteiger partial charge in [-0.3, -0.25) is 0 Å². The quantitative estimate of drug-likeness (QED) is 0.505. The van der Waals surface area contributed by atoms with Gasteiger partial charge in [0.15, 0.2) is 0 Å². The van der Waals surface area contributed by atoms with Crippen molar-refractivity contribution in [3.8, 4) is 0 Å². The van der Waals surface area contributed by atoms with Gasteiger partial charge in [0.1, 0.15) is 0 Å². The molecule has 0 radical (unpaired) electrons. The predicted molar refractivity (Wildman–Crippen MR) is 33.6 cm³/mol. The third-order valence-corrected chi connectivity index (χ3v) is 3.00. The minimum atomic E-state index is 0.0417. The Labute approximate surface area is 55.2 Å². The summed E-state index contributed by atoms with van der Waals surface area (Å²) >= 11 is 0.0417. The first kappa shape index (κ1) is 6.12. The van der Waals surface area contributed by atoms with Crippen LogP contribution in [0.25, 0.3) is 0 Å². The van der Waals surface area contributed by atoms with Crippen molar-refractivity contribution in [2.45, 2.75) is 18.1 Å². The molecule has 0 aliphatic heterocycles. The molecule has 0 heterocycles. The van der Waals surface area contributed by atoms with Crippen molar-refractivity contribution in [3.63, 3.8) is 0 Å². The van der Waals surface area contributed by atoms with E-state index in [1.54, 1.807) is 4.47 Å². The van der Waals surface area contributed by atoms with E-state index in [0.717, 1.165) is 0 Å². The molecule has 0 bridgehead atoms. The first-order valence-corrected chi connectivity index (χ1v) is 5.36. The molecule has 0 N–H and O–H groups in total. The van der Waals surface area contributed by atoms with Crippen molar-refractivity contribution < 1.29 is 13.9 Å². The monoisotopic (exact) mass is 151 g/mol. The van der Waals surface area contributed by atoms with Crippen molar-refractivity contribution in [3.05, 3.63) is 22.7 Å². The van der Waals surface area contributed by atoms with E-state index in [4.69, 9.17) is 0 Å². The SMILES string of the molecule is [CH3][Fe]([CH3])[C]1=CC=CC1. The summed E-state index contributed by atoms with van der Waals surface area (Å²) in [5.74, 6) is 4.64. The molecule has 0 aromatic rings. The van der Waals surface area contributed by atoms with Crippen molar-refractivity contribution in [1.29, 1.82) is 0 Å². The van der Waals surface area contributed by atoms with Gasteiger partial charge in [-0.05, 0) is 0 Å². The Bertz CT molecular complexity index is 131. The van der Waals surface area contributed by atoms with Gasteiger partial charge in [-0.1, -0.05) is 0 Å². The normalized spacial score (nSPS) is 18.8. The van der Waals surface area contributed by atoms with Gasteiger partial charge in [-0.2, -0.15) is 0 Å². The van der Waals surface area contributed by atoms with E-state index in [1.165, 1.54) is 6.42 Å². The van der Waals surface area contributed by atoms with E-state index < -0.39 is 0 Å². The maximum absolute atomic E-state index is 2.32. The predicted octanol–water partition coefficient (Wildman–Crippen LogP) is 2.54. The summed E-state index contributed by atoms with van der Waals surface area (Å²) in [5.41, 5.74) is 0. The van der Waals surface area contributed by atoms with Gasteiger partial charge in [0.2, 0.25) is 0 Å². The molecule has 0 nitrogen and oxygen atoms in total. The molecule has 1 heteroatoms. The molecular formula is C7H11Fe. The Hall–Kier alpha value is -0.000519. The topological polar surface area (TPSA) is 0 Å². The standard InChI is InChI=1S/C5H5.2CH3.Fe/c1-2-4-5-3-1;;;/h1-3H,4H2;2*1H3;. The van der Waals surface area contributed by atoms with Crippen LogP contribution in [0.5, 0.6) is 0 Å². The zero-order valence-corrected chi connectivity index (χ0v) is 6.40. The van der Waals surface area contributed by atoms with Crippen LogP contribution in [0.3, 0.4) is 0 Å². The fourth-order valence-corrected chi connectivity index (χ4v) is 1.73. The second-order valence-electron chi connectivity index (χ2n) is 1.94. The zero-order valence-electron chi connectivity index (χ0n) is 5.29. The first-order chi connectivity index (χ1) is 3.80. The summed E-state index contributed by atoms with van der Waals surface area (Å²) in [6.45, 7) is 0. The van der Waals surface area contributed by atoms with Crippen LogP contribution in [0, 0.1) is 0 Å². The van der Waals surface area contributed by atoms with Gasteiger partial charge in [-0.15, -0.1) is 0 Å². The van der Waals surface area contributed by atoms with Crippen molar-refractivity contribution in [1.82, 2.24) is 0 Å². The van der Waals surface area contributed by atoms with Crippen LogP contribution in [0.4, 0.5) is 0 Å². The molecule has 0 saturated carbocycles. The second-order valence-corrected chi connectivity index (χ2v) is 4.85. The molecule has 0 aromatic heterocycles. The molecule has 8 heavy (non-hydrogen) atoms. The molecule has 0 spiro atoms. The fraction of sp³-hybridized carbons (Fsp3) is 0.429. The molecule has 47 valence electrons.